The Morgan fingerprint density at radius 1 is 1.22 bits per heavy atom. The number of benzene rings is 2. The Morgan fingerprint density at radius 2 is 1.93 bits per heavy atom. The Balaban J connectivity index is 1.58. The number of nitrogens with zero attached hydrogens (tertiary/aromatic N) is 2. The molecule has 220 valence electrons. The Labute approximate surface area is 243 Å². The quantitative estimate of drug-likeness (QED) is 0.337. The summed E-state index contributed by atoms with van der Waals surface area (Å²) in [7, 11) is -0.620. The maximum absolute atomic E-state index is 13.6. The summed E-state index contributed by atoms with van der Waals surface area (Å²) in [4.78, 5) is 29.7. The molecule has 0 saturated carbocycles. The summed E-state index contributed by atoms with van der Waals surface area (Å²) >= 11 is 1.08. The van der Waals surface area contributed by atoms with Gasteiger partial charge in [0.05, 0.1) is 31.9 Å². The highest BCUT2D eigenvalue weighted by Gasteiger charge is 2.34. The summed E-state index contributed by atoms with van der Waals surface area (Å²) in [5, 5.41) is 14.4. The number of aliphatic hydroxyl groups excluding tert-OH is 1. The molecule has 13 heteroatoms. The molecule has 2 heterocycles. The molecule has 1 aliphatic heterocycles. The fraction of sp³-hybridized carbons (Fsp3) is 0.357. The molecule has 3 amide bonds. The van der Waals surface area contributed by atoms with Crippen LogP contribution in [-0.4, -0.2) is 81.3 Å². The predicted molar refractivity (Wildman–Crippen MR) is 157 cm³/mol. The van der Waals surface area contributed by atoms with Gasteiger partial charge in [-0.05, 0) is 60.8 Å². The lowest BCUT2D eigenvalue weighted by atomic mass is 9.99. The first kappa shape index (κ1) is 30.2. The number of ether oxygens (including phenoxy) is 2. The average Bonchev–Trinajstić information content (AvgIpc) is 3.51. The van der Waals surface area contributed by atoms with Crippen LogP contribution >= 0.6 is 11.3 Å². The SMILES string of the molecule is COc1ccc(NC(=O)N(C)C[C@@H]2Oc3ccc(NS(=O)(=O)c4cccs4)cc3C(=O)N([C@@H](C)CO)C[C@H]2C)cc1. The van der Waals surface area contributed by atoms with Gasteiger partial charge < -0.3 is 29.7 Å². The summed E-state index contributed by atoms with van der Waals surface area (Å²) < 4.78 is 39.7. The minimum absolute atomic E-state index is 0.146. The van der Waals surface area contributed by atoms with Gasteiger partial charge in [0.25, 0.3) is 15.9 Å². The van der Waals surface area contributed by atoms with E-state index in [1.165, 1.54) is 23.1 Å². The second-order valence-corrected chi connectivity index (χ2v) is 12.8. The van der Waals surface area contributed by atoms with Gasteiger partial charge in [0.1, 0.15) is 21.8 Å². The number of methoxy groups -OCH3 is 1. The van der Waals surface area contributed by atoms with E-state index in [0.717, 1.165) is 11.3 Å². The molecule has 1 aliphatic rings. The van der Waals surface area contributed by atoms with E-state index in [4.69, 9.17) is 9.47 Å². The van der Waals surface area contributed by atoms with E-state index in [0.29, 0.717) is 11.4 Å². The van der Waals surface area contributed by atoms with E-state index in [2.05, 4.69) is 10.0 Å². The van der Waals surface area contributed by atoms with Crippen molar-refractivity contribution in [3.63, 3.8) is 0 Å². The topological polar surface area (TPSA) is 138 Å². The predicted octanol–water partition coefficient (Wildman–Crippen LogP) is 3.94. The Bertz CT molecular complexity index is 1460. The van der Waals surface area contributed by atoms with Crippen LogP contribution in [0.25, 0.3) is 0 Å². The lowest BCUT2D eigenvalue weighted by molar-refractivity contribution is 0.0371. The van der Waals surface area contributed by atoms with Crippen LogP contribution in [0.2, 0.25) is 0 Å². The number of urea groups is 1. The van der Waals surface area contributed by atoms with Crippen molar-refractivity contribution < 1.29 is 32.6 Å². The third-order valence-electron chi connectivity index (χ3n) is 6.82. The molecular formula is C28H34N4O7S2. The summed E-state index contributed by atoms with van der Waals surface area (Å²) in [5.74, 6) is 0.319. The zero-order chi connectivity index (χ0) is 29.7. The highest BCUT2D eigenvalue weighted by atomic mass is 32.2. The summed E-state index contributed by atoms with van der Waals surface area (Å²) in [6.07, 6.45) is -0.518. The maximum atomic E-state index is 13.6. The fourth-order valence-electron chi connectivity index (χ4n) is 4.37. The molecule has 0 bridgehead atoms. The number of sulfonamides is 1. The molecule has 0 fully saturated rings. The lowest BCUT2D eigenvalue weighted by Gasteiger charge is -2.38. The van der Waals surface area contributed by atoms with Crippen LogP contribution in [0.3, 0.4) is 0 Å². The summed E-state index contributed by atoms with van der Waals surface area (Å²) in [5.41, 5.74) is 0.955. The van der Waals surface area contributed by atoms with Gasteiger partial charge in [-0.1, -0.05) is 13.0 Å². The highest BCUT2D eigenvalue weighted by Crippen LogP contribution is 2.32. The molecule has 2 aromatic carbocycles. The van der Waals surface area contributed by atoms with Crippen LogP contribution in [0, 0.1) is 5.92 Å². The normalized spacial score (nSPS) is 17.9. The van der Waals surface area contributed by atoms with Crippen LogP contribution in [-0.2, 0) is 10.0 Å². The van der Waals surface area contributed by atoms with Crippen molar-refractivity contribution >= 4 is 44.7 Å². The molecular weight excluding hydrogens is 568 g/mol. The molecule has 0 saturated heterocycles. The molecule has 0 aliphatic carbocycles. The Hall–Kier alpha value is -3.81. The van der Waals surface area contributed by atoms with Gasteiger partial charge >= 0.3 is 6.03 Å². The number of anilines is 2. The average molecular weight is 603 g/mol. The standard InChI is InChI=1S/C28H34N4O7S2/c1-18-15-32(19(2)17-33)27(34)23-14-21(30-41(36,37)26-6-5-13-40-26)9-12-24(23)39-25(18)16-31(3)28(35)29-20-7-10-22(38-4)11-8-20/h5-14,18-19,25,30,33H,15-17H2,1-4H3,(H,29,35)/t18-,19+,25+/m1/s1. The Kier molecular flexibility index (Phi) is 9.41. The van der Waals surface area contributed by atoms with Gasteiger partial charge in [-0.25, -0.2) is 13.2 Å². The van der Waals surface area contributed by atoms with E-state index in [1.54, 1.807) is 67.8 Å². The molecule has 3 N–H and O–H groups in total. The number of fused-ring (bicyclic) bond motifs is 1. The van der Waals surface area contributed by atoms with E-state index in [1.807, 2.05) is 6.92 Å². The molecule has 1 aromatic heterocycles. The van der Waals surface area contributed by atoms with Crippen LogP contribution in [0.15, 0.2) is 64.2 Å². The van der Waals surface area contributed by atoms with Gasteiger partial charge in [-0.2, -0.15) is 0 Å². The van der Waals surface area contributed by atoms with E-state index < -0.39 is 28.1 Å². The minimum Gasteiger partial charge on any atom is -0.497 e. The molecule has 0 unspecified atom stereocenters. The van der Waals surface area contributed by atoms with Gasteiger partial charge in [0.2, 0.25) is 0 Å². The molecule has 11 nitrogen and oxygen atoms in total. The molecule has 3 aromatic rings. The van der Waals surface area contributed by atoms with Crippen molar-refractivity contribution in [2.45, 2.75) is 30.2 Å². The number of likely N-dealkylation sites (N-methyl/N-ethyl adjacent to an activating group) is 1. The van der Waals surface area contributed by atoms with Gasteiger partial charge in [0.15, 0.2) is 0 Å². The van der Waals surface area contributed by atoms with Crippen LogP contribution in [0.1, 0.15) is 24.2 Å². The number of amides is 3. The molecule has 3 atom stereocenters. The fourth-order valence-corrected chi connectivity index (χ4v) is 6.41. The number of thiophene rings is 1. The first-order chi connectivity index (χ1) is 19.5. The van der Waals surface area contributed by atoms with Crippen molar-refractivity contribution in [2.75, 3.05) is 43.9 Å². The Morgan fingerprint density at radius 3 is 2.56 bits per heavy atom. The number of aliphatic hydroxyl groups is 1. The van der Waals surface area contributed by atoms with Crippen LogP contribution in [0.4, 0.5) is 16.2 Å². The molecule has 0 radical (unpaired) electrons. The van der Waals surface area contributed by atoms with E-state index >= 15 is 0 Å². The zero-order valence-corrected chi connectivity index (χ0v) is 24.9. The second kappa shape index (κ2) is 12.8. The largest absolute Gasteiger partial charge is 0.497 e. The van der Waals surface area contributed by atoms with Gasteiger partial charge in [-0.15, -0.1) is 11.3 Å². The van der Waals surface area contributed by atoms with Gasteiger partial charge in [0, 0.05) is 30.9 Å². The number of carbonyl (C=O) groups is 2. The third kappa shape index (κ3) is 7.10. The molecule has 41 heavy (non-hydrogen) atoms. The van der Waals surface area contributed by atoms with Crippen molar-refractivity contribution in [3.05, 3.63) is 65.5 Å². The highest BCUT2D eigenvalue weighted by molar-refractivity contribution is 7.94. The van der Waals surface area contributed by atoms with Gasteiger partial charge in [-0.3, -0.25) is 9.52 Å². The van der Waals surface area contributed by atoms with Crippen LogP contribution in [0.5, 0.6) is 11.5 Å². The third-order valence-corrected chi connectivity index (χ3v) is 9.60. The summed E-state index contributed by atoms with van der Waals surface area (Å²) in [6, 6.07) is 13.8. The number of rotatable bonds is 9. The van der Waals surface area contributed by atoms with Crippen LogP contribution < -0.4 is 19.5 Å². The smallest absolute Gasteiger partial charge is 0.321 e. The number of carbonyl (C=O) groups excluding carboxylic acids is 2. The van der Waals surface area contributed by atoms with E-state index in [9.17, 15) is 23.1 Å². The molecule has 4 rings (SSSR count). The lowest BCUT2D eigenvalue weighted by Crippen LogP contribution is -2.50. The summed E-state index contributed by atoms with van der Waals surface area (Å²) in [6.45, 7) is 3.85. The number of hydrogen-bond acceptors (Lipinski definition) is 8. The maximum Gasteiger partial charge on any atom is 0.321 e. The first-order valence-corrected chi connectivity index (χ1v) is 15.3. The van der Waals surface area contributed by atoms with Crippen molar-refractivity contribution in [2.24, 2.45) is 5.92 Å². The van der Waals surface area contributed by atoms with E-state index in [-0.39, 0.29) is 52.9 Å². The first-order valence-electron chi connectivity index (χ1n) is 13.0. The van der Waals surface area contributed by atoms with Crippen molar-refractivity contribution in [1.82, 2.24) is 9.80 Å². The van der Waals surface area contributed by atoms with Crippen molar-refractivity contribution in [3.8, 4) is 11.5 Å². The number of hydrogen-bond donors (Lipinski definition) is 3. The molecule has 0 spiro atoms. The minimum atomic E-state index is -3.83. The zero-order valence-electron chi connectivity index (χ0n) is 23.2. The second-order valence-electron chi connectivity index (χ2n) is 9.91. The van der Waals surface area contributed by atoms with Crippen molar-refractivity contribution in [1.29, 1.82) is 0 Å². The number of nitrogens with one attached hydrogen (secondary N) is 2. The monoisotopic (exact) mass is 602 g/mol.